The molecule has 0 saturated carbocycles. The Kier molecular flexibility index (Phi) is 5.76. The molecule has 11 heteroatoms. The van der Waals surface area contributed by atoms with Crippen LogP contribution in [0, 0.1) is 0 Å². The fourth-order valence-corrected chi connectivity index (χ4v) is 5.76. The first-order chi connectivity index (χ1) is 18.1. The summed E-state index contributed by atoms with van der Waals surface area (Å²) in [6.45, 7) is 0.305. The highest BCUT2D eigenvalue weighted by Crippen LogP contribution is 2.50. The number of rotatable bonds is 6. The Morgan fingerprint density at radius 3 is 2.61 bits per heavy atom. The van der Waals surface area contributed by atoms with Gasteiger partial charge in [0.15, 0.2) is 0 Å². The molecule has 0 radical (unpaired) electrons. The number of ether oxygens (including phenoxy) is 2. The lowest BCUT2D eigenvalue weighted by molar-refractivity contribution is -0.0507. The van der Waals surface area contributed by atoms with Gasteiger partial charge in [0.05, 0.1) is 23.1 Å². The summed E-state index contributed by atoms with van der Waals surface area (Å²) < 4.78 is 51.0. The summed E-state index contributed by atoms with van der Waals surface area (Å²) in [6, 6.07) is 13.4. The van der Waals surface area contributed by atoms with E-state index in [1.807, 2.05) is 28.8 Å². The average molecular weight is 538 g/mol. The molecule has 6 rings (SSSR count). The van der Waals surface area contributed by atoms with Crippen LogP contribution in [-0.4, -0.2) is 58.7 Å². The average Bonchev–Trinajstić information content (AvgIpc) is 3.40. The molecule has 196 valence electrons. The number of halogens is 2. The molecule has 2 aliphatic rings. The van der Waals surface area contributed by atoms with Gasteiger partial charge in [0.25, 0.3) is 5.91 Å². The van der Waals surface area contributed by atoms with Gasteiger partial charge in [0.2, 0.25) is 5.88 Å². The summed E-state index contributed by atoms with van der Waals surface area (Å²) in [5.74, 6) is 0.854. The quantitative estimate of drug-likeness (QED) is 0.290. The van der Waals surface area contributed by atoms with E-state index in [0.29, 0.717) is 29.3 Å². The van der Waals surface area contributed by atoms with Gasteiger partial charge in [-0.1, -0.05) is 12.1 Å². The number of carbonyl (C=O) groups is 1. The maximum Gasteiger partial charge on any atom is 0.387 e. The van der Waals surface area contributed by atoms with E-state index in [1.54, 1.807) is 49.7 Å². The Morgan fingerprint density at radius 2 is 1.89 bits per heavy atom. The van der Waals surface area contributed by atoms with Crippen molar-refractivity contribution < 1.29 is 27.6 Å². The first-order valence-corrected chi connectivity index (χ1v) is 14.9. The zero-order valence-electron chi connectivity index (χ0n) is 21.0. The third-order valence-electron chi connectivity index (χ3n) is 7.00. The van der Waals surface area contributed by atoms with E-state index in [4.69, 9.17) is 14.5 Å². The second-order valence-electron chi connectivity index (χ2n) is 10.1. The van der Waals surface area contributed by atoms with E-state index in [1.165, 1.54) is 6.07 Å². The molecule has 0 unspecified atom stereocenters. The smallest absolute Gasteiger partial charge is 0.387 e. The lowest BCUT2D eigenvalue weighted by atomic mass is 9.97. The van der Waals surface area contributed by atoms with Crippen LogP contribution >= 0.6 is 7.14 Å². The van der Waals surface area contributed by atoms with Crippen LogP contribution in [0.4, 0.5) is 8.78 Å². The molecule has 0 spiro atoms. The van der Waals surface area contributed by atoms with Crippen molar-refractivity contribution in [1.82, 2.24) is 19.4 Å². The van der Waals surface area contributed by atoms with Crippen LogP contribution in [0.3, 0.4) is 0 Å². The number of hydrogen-bond acceptors (Lipinski definition) is 6. The monoisotopic (exact) mass is 538 g/mol. The molecule has 2 aromatic carbocycles. The third-order valence-corrected chi connectivity index (χ3v) is 7.75. The molecule has 8 nitrogen and oxygen atoms in total. The van der Waals surface area contributed by atoms with Crippen molar-refractivity contribution in [2.75, 3.05) is 26.7 Å². The molecule has 2 aromatic heterocycles. The summed E-state index contributed by atoms with van der Waals surface area (Å²) >= 11 is 0. The molecule has 4 aromatic rings. The van der Waals surface area contributed by atoms with E-state index >= 15 is 0 Å². The second kappa shape index (κ2) is 8.91. The number of aromatic nitrogens is 3. The number of benzene rings is 2. The van der Waals surface area contributed by atoms with Gasteiger partial charge in [-0.3, -0.25) is 4.79 Å². The Hall–Kier alpha value is -3.78. The molecule has 4 heterocycles. The van der Waals surface area contributed by atoms with Crippen molar-refractivity contribution in [1.29, 1.82) is 0 Å². The molecule has 0 saturated heterocycles. The zero-order chi connectivity index (χ0) is 26.8. The summed E-state index contributed by atoms with van der Waals surface area (Å²) in [7, 11) is -0.618. The third kappa shape index (κ3) is 4.13. The van der Waals surface area contributed by atoms with E-state index in [0.717, 1.165) is 22.2 Å². The van der Waals surface area contributed by atoms with Crippen LogP contribution in [0.1, 0.15) is 40.3 Å². The van der Waals surface area contributed by atoms with Crippen molar-refractivity contribution in [3.63, 3.8) is 0 Å². The maximum absolute atomic E-state index is 13.3. The maximum atomic E-state index is 13.3. The molecule has 2 atom stereocenters. The fraction of sp³-hybridized carbons (Fsp3) is 0.296. The highest BCUT2D eigenvalue weighted by molar-refractivity contribution is 7.62. The molecule has 0 N–H and O–H groups in total. The van der Waals surface area contributed by atoms with Crippen LogP contribution in [0.15, 0.2) is 54.7 Å². The molecular weight excluding hydrogens is 513 g/mol. The van der Waals surface area contributed by atoms with Crippen LogP contribution in [-0.2, 0) is 4.57 Å². The van der Waals surface area contributed by atoms with Crippen molar-refractivity contribution in [3.05, 3.63) is 71.7 Å². The second-order valence-corrected chi connectivity index (χ2v) is 13.5. The van der Waals surface area contributed by atoms with Crippen molar-refractivity contribution in [2.45, 2.75) is 25.1 Å². The van der Waals surface area contributed by atoms with Crippen LogP contribution < -0.4 is 9.47 Å². The first-order valence-electron chi connectivity index (χ1n) is 12.1. The van der Waals surface area contributed by atoms with Gasteiger partial charge >= 0.3 is 6.61 Å². The molecular formula is C27H25F2N4O4P. The normalized spacial score (nSPS) is 18.5. The fourth-order valence-electron chi connectivity index (χ4n) is 5.32. The predicted octanol–water partition coefficient (Wildman–Crippen LogP) is 5.78. The van der Waals surface area contributed by atoms with Gasteiger partial charge in [-0.15, -0.1) is 0 Å². The highest BCUT2D eigenvalue weighted by Gasteiger charge is 2.45. The number of amides is 1. The van der Waals surface area contributed by atoms with E-state index in [2.05, 4.69) is 4.98 Å². The van der Waals surface area contributed by atoms with Gasteiger partial charge in [-0.05, 0) is 49.2 Å². The van der Waals surface area contributed by atoms with Crippen LogP contribution in [0.5, 0.6) is 11.6 Å². The minimum atomic E-state index is -3.01. The predicted molar refractivity (Wildman–Crippen MR) is 139 cm³/mol. The van der Waals surface area contributed by atoms with Crippen molar-refractivity contribution in [2.24, 2.45) is 0 Å². The molecule has 0 aliphatic carbocycles. The molecule has 1 amide bonds. The Balaban J connectivity index is 1.44. The van der Waals surface area contributed by atoms with E-state index in [9.17, 15) is 18.1 Å². The standard InChI is InChI=1S/C27H25F2N4O4P/c1-32-21-12-20(24-17(26(32)34)5-4-6-22(24)37-27(28)29)33-19-11-15(7-9-18(19)31-25(21)33)16-8-10-23(30-13-16)36-14-38(2,3)35/h4-11,13,20-21,27H,12,14H2,1-3H3/t20-,21-/m1/s1. The Bertz CT molecular complexity index is 1620. The highest BCUT2D eigenvalue weighted by atomic mass is 31.2. The number of nitrogens with zero attached hydrogens (tertiary/aromatic N) is 4. The summed E-state index contributed by atoms with van der Waals surface area (Å²) in [5, 5.41) is 0. The Morgan fingerprint density at radius 1 is 1.11 bits per heavy atom. The zero-order valence-corrected chi connectivity index (χ0v) is 21.9. The van der Waals surface area contributed by atoms with Gasteiger partial charge in [0.1, 0.15) is 25.1 Å². The minimum absolute atomic E-state index is 0.000695. The molecule has 38 heavy (non-hydrogen) atoms. The number of fused-ring (bicyclic) bond motifs is 9. The van der Waals surface area contributed by atoms with Gasteiger partial charge < -0.3 is 23.5 Å². The molecule has 2 bridgehead atoms. The lowest BCUT2D eigenvalue weighted by Gasteiger charge is -2.24. The number of imidazole rings is 1. The summed E-state index contributed by atoms with van der Waals surface area (Å²) in [5.41, 5.74) is 4.09. The number of pyridine rings is 1. The van der Waals surface area contributed by atoms with Crippen LogP contribution in [0.2, 0.25) is 0 Å². The van der Waals surface area contributed by atoms with Gasteiger partial charge in [-0.25, -0.2) is 9.97 Å². The van der Waals surface area contributed by atoms with Crippen molar-refractivity contribution >= 4 is 24.1 Å². The van der Waals surface area contributed by atoms with Crippen LogP contribution in [0.25, 0.3) is 22.2 Å². The Labute approximate surface area is 217 Å². The summed E-state index contributed by atoms with van der Waals surface area (Å²) in [4.78, 5) is 24.1. The van der Waals surface area contributed by atoms with Crippen molar-refractivity contribution in [3.8, 4) is 22.8 Å². The molecule has 2 aliphatic heterocycles. The van der Waals surface area contributed by atoms with Gasteiger partial charge in [-0.2, -0.15) is 8.78 Å². The topological polar surface area (TPSA) is 86.6 Å². The van der Waals surface area contributed by atoms with Gasteiger partial charge in [0, 0.05) is 42.4 Å². The molecule has 0 fully saturated rings. The number of carbonyl (C=O) groups excluding carboxylic acids is 1. The minimum Gasteiger partial charge on any atom is -0.470 e. The summed E-state index contributed by atoms with van der Waals surface area (Å²) in [6.07, 6.45) is 2.31. The first kappa shape index (κ1) is 24.6. The number of hydrogen-bond donors (Lipinski definition) is 0. The SMILES string of the molecule is CN1C(=O)c2cccc(OC(F)F)c2[C@H]2C[C@@H]1c1nc3ccc(-c4ccc(OCP(C)(C)=O)nc4)cc3n12. The largest absolute Gasteiger partial charge is 0.470 e. The van der Waals surface area contributed by atoms with E-state index < -0.39 is 19.8 Å². The number of alkyl halides is 2. The lowest BCUT2D eigenvalue weighted by Crippen LogP contribution is -2.30. The van der Waals surface area contributed by atoms with E-state index in [-0.39, 0.29) is 24.0 Å².